The summed E-state index contributed by atoms with van der Waals surface area (Å²) in [5.74, 6) is 1.50. The molecular formula is C15H23N5O2. The molecule has 22 heavy (non-hydrogen) atoms. The van der Waals surface area contributed by atoms with Gasteiger partial charge in [0, 0.05) is 44.5 Å². The molecule has 3 rings (SSSR count). The third kappa shape index (κ3) is 3.08. The van der Waals surface area contributed by atoms with Crippen LogP contribution in [-0.4, -0.2) is 57.9 Å². The van der Waals surface area contributed by atoms with Crippen molar-refractivity contribution in [3.8, 4) is 0 Å². The average molecular weight is 305 g/mol. The molecule has 3 amide bonds. The van der Waals surface area contributed by atoms with Crippen LogP contribution in [0.15, 0.2) is 12.4 Å². The van der Waals surface area contributed by atoms with Crippen molar-refractivity contribution < 1.29 is 9.59 Å². The van der Waals surface area contributed by atoms with Crippen molar-refractivity contribution in [2.75, 3.05) is 26.2 Å². The van der Waals surface area contributed by atoms with Gasteiger partial charge in [-0.15, -0.1) is 0 Å². The van der Waals surface area contributed by atoms with Crippen LogP contribution in [0.3, 0.4) is 0 Å². The first kappa shape index (κ1) is 14.9. The van der Waals surface area contributed by atoms with E-state index < -0.39 is 6.03 Å². The molecule has 0 spiro atoms. The van der Waals surface area contributed by atoms with E-state index in [-0.39, 0.29) is 11.8 Å². The summed E-state index contributed by atoms with van der Waals surface area (Å²) in [6, 6.07) is -0.422. The Hall–Kier alpha value is -2.05. The van der Waals surface area contributed by atoms with E-state index in [9.17, 15) is 9.59 Å². The third-order valence-electron chi connectivity index (χ3n) is 4.80. The number of aromatic nitrogens is 2. The van der Waals surface area contributed by atoms with Crippen molar-refractivity contribution in [3.63, 3.8) is 0 Å². The maximum atomic E-state index is 12.6. The number of carbonyl (C=O) groups is 2. The molecule has 7 nitrogen and oxygen atoms in total. The summed E-state index contributed by atoms with van der Waals surface area (Å²) in [5, 5.41) is 0. The van der Waals surface area contributed by atoms with Crippen LogP contribution in [0.25, 0.3) is 0 Å². The molecule has 2 aliphatic rings. The van der Waals surface area contributed by atoms with Gasteiger partial charge < -0.3 is 20.5 Å². The summed E-state index contributed by atoms with van der Waals surface area (Å²) in [6.45, 7) is 2.65. The average Bonchev–Trinajstić information content (AvgIpc) is 3.09. The summed E-state index contributed by atoms with van der Waals surface area (Å²) in [6.07, 6.45) is 7.18. The number of carbonyl (C=O) groups excluding carboxylic acids is 2. The van der Waals surface area contributed by atoms with Crippen LogP contribution in [0.1, 0.15) is 37.4 Å². The highest BCUT2D eigenvalue weighted by Gasteiger charge is 2.32. The Kier molecular flexibility index (Phi) is 4.31. The van der Waals surface area contributed by atoms with E-state index in [1.807, 2.05) is 11.1 Å². The maximum absolute atomic E-state index is 12.6. The van der Waals surface area contributed by atoms with E-state index in [1.54, 1.807) is 11.1 Å². The number of hydrogen-bond donors (Lipinski definition) is 2. The largest absolute Gasteiger partial charge is 0.351 e. The van der Waals surface area contributed by atoms with Gasteiger partial charge in [-0.05, 0) is 25.7 Å². The molecule has 1 aromatic heterocycles. The SMILES string of the molecule is NC(=O)N1CCC[C@@H](C(=O)N2CCC(c3ncc[nH]3)CC2)C1. The van der Waals surface area contributed by atoms with Crippen molar-refractivity contribution in [1.29, 1.82) is 0 Å². The third-order valence-corrected chi connectivity index (χ3v) is 4.80. The first-order valence-electron chi connectivity index (χ1n) is 7.97. The fourth-order valence-corrected chi connectivity index (χ4v) is 3.51. The second-order valence-electron chi connectivity index (χ2n) is 6.20. The lowest BCUT2D eigenvalue weighted by Crippen LogP contribution is -2.49. The Morgan fingerprint density at radius 1 is 1.18 bits per heavy atom. The number of imidazole rings is 1. The van der Waals surface area contributed by atoms with Crippen molar-refractivity contribution in [3.05, 3.63) is 18.2 Å². The van der Waals surface area contributed by atoms with Gasteiger partial charge in [0.2, 0.25) is 5.91 Å². The standard InChI is InChI=1S/C15H23N5O2/c16-15(22)20-7-1-2-12(10-20)14(21)19-8-3-11(4-9-19)13-17-5-6-18-13/h5-6,11-12H,1-4,7-10H2,(H2,16,22)(H,17,18)/t12-/m1/s1. The predicted molar refractivity (Wildman–Crippen MR) is 81.0 cm³/mol. The maximum Gasteiger partial charge on any atom is 0.314 e. The van der Waals surface area contributed by atoms with Crippen LogP contribution < -0.4 is 5.73 Å². The van der Waals surface area contributed by atoms with E-state index in [0.717, 1.165) is 44.6 Å². The lowest BCUT2D eigenvalue weighted by atomic mass is 9.92. The van der Waals surface area contributed by atoms with E-state index in [2.05, 4.69) is 9.97 Å². The number of likely N-dealkylation sites (tertiary alicyclic amines) is 2. The number of aromatic amines is 1. The molecular weight excluding hydrogens is 282 g/mol. The Labute approximate surface area is 129 Å². The molecule has 0 saturated carbocycles. The summed E-state index contributed by atoms with van der Waals surface area (Å²) in [5.41, 5.74) is 5.33. The molecule has 7 heteroatoms. The lowest BCUT2D eigenvalue weighted by Gasteiger charge is -2.37. The number of nitrogens with one attached hydrogen (secondary N) is 1. The minimum absolute atomic E-state index is 0.0959. The van der Waals surface area contributed by atoms with Crippen molar-refractivity contribution in [2.45, 2.75) is 31.6 Å². The summed E-state index contributed by atoms with van der Waals surface area (Å²) in [4.78, 5) is 34.9. The summed E-state index contributed by atoms with van der Waals surface area (Å²) < 4.78 is 0. The zero-order valence-electron chi connectivity index (χ0n) is 12.7. The summed E-state index contributed by atoms with van der Waals surface area (Å²) >= 11 is 0. The molecule has 1 aromatic rings. The number of primary amides is 1. The van der Waals surface area contributed by atoms with E-state index in [4.69, 9.17) is 5.73 Å². The van der Waals surface area contributed by atoms with Crippen LogP contribution >= 0.6 is 0 Å². The zero-order valence-corrected chi connectivity index (χ0v) is 12.7. The van der Waals surface area contributed by atoms with Crippen LogP contribution in [0.2, 0.25) is 0 Å². The van der Waals surface area contributed by atoms with Gasteiger partial charge in [-0.2, -0.15) is 0 Å². The Morgan fingerprint density at radius 3 is 2.59 bits per heavy atom. The highest BCUT2D eigenvalue weighted by atomic mass is 16.2. The fraction of sp³-hybridized carbons (Fsp3) is 0.667. The highest BCUT2D eigenvalue weighted by Crippen LogP contribution is 2.27. The predicted octanol–water partition coefficient (Wildman–Crippen LogP) is 0.906. The van der Waals surface area contributed by atoms with Gasteiger partial charge in [0.05, 0.1) is 5.92 Å². The lowest BCUT2D eigenvalue weighted by molar-refractivity contribution is -0.138. The number of hydrogen-bond acceptors (Lipinski definition) is 3. The molecule has 0 bridgehead atoms. The zero-order chi connectivity index (χ0) is 15.5. The Morgan fingerprint density at radius 2 is 1.95 bits per heavy atom. The second-order valence-corrected chi connectivity index (χ2v) is 6.20. The van der Waals surface area contributed by atoms with Gasteiger partial charge in [-0.3, -0.25) is 4.79 Å². The topological polar surface area (TPSA) is 95.3 Å². The quantitative estimate of drug-likeness (QED) is 0.850. The first-order chi connectivity index (χ1) is 10.6. The van der Waals surface area contributed by atoms with Gasteiger partial charge >= 0.3 is 6.03 Å². The number of H-pyrrole nitrogens is 1. The molecule has 0 aromatic carbocycles. The van der Waals surface area contributed by atoms with E-state index in [0.29, 0.717) is 19.0 Å². The Balaban J connectivity index is 1.54. The molecule has 3 N–H and O–H groups in total. The first-order valence-corrected chi connectivity index (χ1v) is 7.97. The molecule has 0 unspecified atom stereocenters. The molecule has 120 valence electrons. The van der Waals surface area contributed by atoms with Gasteiger partial charge in [-0.1, -0.05) is 0 Å². The summed E-state index contributed by atoms with van der Waals surface area (Å²) in [7, 11) is 0. The van der Waals surface area contributed by atoms with Gasteiger partial charge in [0.1, 0.15) is 5.82 Å². The Bertz CT molecular complexity index is 522. The molecule has 2 saturated heterocycles. The van der Waals surface area contributed by atoms with Gasteiger partial charge in [-0.25, -0.2) is 9.78 Å². The van der Waals surface area contributed by atoms with Crippen molar-refractivity contribution >= 4 is 11.9 Å². The van der Waals surface area contributed by atoms with Gasteiger partial charge in [0.15, 0.2) is 0 Å². The van der Waals surface area contributed by atoms with Crippen LogP contribution in [0.5, 0.6) is 0 Å². The van der Waals surface area contributed by atoms with E-state index in [1.165, 1.54) is 0 Å². The molecule has 0 aliphatic carbocycles. The van der Waals surface area contributed by atoms with Crippen molar-refractivity contribution in [2.24, 2.45) is 11.7 Å². The normalized spacial score (nSPS) is 23.5. The molecule has 2 fully saturated rings. The minimum atomic E-state index is -0.422. The molecule has 0 radical (unpaired) electrons. The van der Waals surface area contributed by atoms with Crippen LogP contribution in [0, 0.1) is 5.92 Å². The number of nitrogens with zero attached hydrogens (tertiary/aromatic N) is 3. The van der Waals surface area contributed by atoms with E-state index >= 15 is 0 Å². The number of rotatable bonds is 2. The number of urea groups is 1. The monoisotopic (exact) mass is 305 g/mol. The van der Waals surface area contributed by atoms with Crippen LogP contribution in [0.4, 0.5) is 4.79 Å². The number of piperidine rings is 2. The highest BCUT2D eigenvalue weighted by molar-refractivity contribution is 5.80. The number of amides is 3. The van der Waals surface area contributed by atoms with Crippen molar-refractivity contribution in [1.82, 2.24) is 19.8 Å². The van der Waals surface area contributed by atoms with Crippen LogP contribution in [-0.2, 0) is 4.79 Å². The fourth-order valence-electron chi connectivity index (χ4n) is 3.51. The smallest absolute Gasteiger partial charge is 0.314 e. The van der Waals surface area contributed by atoms with Gasteiger partial charge in [0.25, 0.3) is 0 Å². The second kappa shape index (κ2) is 6.37. The molecule has 1 atom stereocenters. The number of nitrogens with two attached hydrogens (primary N) is 1. The molecule has 2 aliphatic heterocycles. The molecule has 3 heterocycles. The minimum Gasteiger partial charge on any atom is -0.351 e.